The second-order valence-corrected chi connectivity index (χ2v) is 15.2. The first kappa shape index (κ1) is 42.3. The van der Waals surface area contributed by atoms with Gasteiger partial charge in [0.25, 0.3) is 0 Å². The van der Waals surface area contributed by atoms with Crippen LogP contribution in [-0.4, -0.2) is 13.7 Å². The molecule has 0 spiro atoms. The predicted octanol–water partition coefficient (Wildman–Crippen LogP) is 14.4. The maximum Gasteiger partial charge on any atom is 0.0991 e. The molecule has 1 radical (unpaired) electrons. The van der Waals surface area contributed by atoms with Crippen LogP contribution in [0.15, 0.2) is 193 Å². The third kappa shape index (κ3) is 7.27. The van der Waals surface area contributed by atoms with Crippen molar-refractivity contribution in [2.24, 2.45) is 0 Å². The second kappa shape index (κ2) is 18.2. The van der Waals surface area contributed by atoms with Gasteiger partial charge in [-0.3, -0.25) is 0 Å². The summed E-state index contributed by atoms with van der Waals surface area (Å²) >= 11 is 1.70. The van der Waals surface area contributed by atoms with Crippen molar-refractivity contribution < 1.29 is 32.7 Å². The molecule has 4 nitrogen and oxygen atoms in total. The van der Waals surface area contributed by atoms with E-state index in [1.54, 1.807) is 17.8 Å². The van der Waals surface area contributed by atoms with Gasteiger partial charge in [-0.15, -0.1) is 6.58 Å². The van der Waals surface area contributed by atoms with E-state index in [0.29, 0.717) is 5.56 Å². The van der Waals surface area contributed by atoms with E-state index in [9.17, 15) is 5.26 Å². The normalized spacial score (nSPS) is 11.0. The van der Waals surface area contributed by atoms with Gasteiger partial charge in [0, 0.05) is 92.1 Å². The molecule has 7 aromatic carbocycles. The van der Waals surface area contributed by atoms with E-state index in [1.165, 1.54) is 32.6 Å². The summed E-state index contributed by atoms with van der Waals surface area (Å²) in [7, 11) is 0. The van der Waals surface area contributed by atoms with E-state index in [2.05, 4.69) is 185 Å². The minimum atomic E-state index is 0. The van der Waals surface area contributed by atoms with Gasteiger partial charge in [-0.05, 0) is 111 Å². The number of fused-ring (bicyclic) bond motifs is 8. The van der Waals surface area contributed by atoms with Crippen molar-refractivity contribution in [3.8, 4) is 23.1 Å². The SMILES string of the molecule is C=CC.C=Cc1c(/C=C\C)n(-c2ccccc2)c2cc3c(cc12)c1ccc2c4ccccc4n(-c4ccccc4)c2c1n3-c1ccc(Sc2ccc(C#N)cc2)cc1.[SH-].[Y]. The molecular formula is C53H41N4S2Y-. The molecule has 0 aliphatic heterocycles. The first-order chi connectivity index (χ1) is 28.6. The van der Waals surface area contributed by atoms with Crippen molar-refractivity contribution in [2.45, 2.75) is 23.6 Å². The molecule has 0 saturated carbocycles. The molecule has 0 atom stereocenters. The van der Waals surface area contributed by atoms with Crippen LogP contribution in [0.3, 0.4) is 0 Å². The van der Waals surface area contributed by atoms with E-state index in [0.717, 1.165) is 60.0 Å². The molecule has 289 valence electrons. The molecule has 0 aliphatic carbocycles. The average molecular weight is 887 g/mol. The minimum absolute atomic E-state index is 0. The van der Waals surface area contributed by atoms with E-state index in [4.69, 9.17) is 0 Å². The van der Waals surface area contributed by atoms with E-state index in [-0.39, 0.29) is 46.2 Å². The largest absolute Gasteiger partial charge is 0.813 e. The predicted molar refractivity (Wildman–Crippen MR) is 257 cm³/mol. The summed E-state index contributed by atoms with van der Waals surface area (Å²) in [6.45, 7) is 11.6. The molecule has 0 aliphatic rings. The summed E-state index contributed by atoms with van der Waals surface area (Å²) < 4.78 is 7.26. The maximum absolute atomic E-state index is 9.29. The average Bonchev–Trinajstić information content (AvgIpc) is 3.89. The fourth-order valence-electron chi connectivity index (χ4n) is 8.27. The molecule has 0 amide bonds. The van der Waals surface area contributed by atoms with Gasteiger partial charge < -0.3 is 27.2 Å². The fourth-order valence-corrected chi connectivity index (χ4v) is 9.09. The summed E-state index contributed by atoms with van der Waals surface area (Å²) in [5, 5.41) is 15.3. The molecule has 3 aromatic heterocycles. The molecule has 0 N–H and O–H groups in total. The van der Waals surface area contributed by atoms with Gasteiger partial charge >= 0.3 is 0 Å². The van der Waals surface area contributed by atoms with Gasteiger partial charge in [-0.2, -0.15) is 5.26 Å². The molecule has 7 heteroatoms. The molecule has 0 saturated heterocycles. The van der Waals surface area contributed by atoms with Crippen LogP contribution in [0.5, 0.6) is 0 Å². The zero-order valence-corrected chi connectivity index (χ0v) is 38.0. The van der Waals surface area contributed by atoms with Crippen LogP contribution in [0, 0.1) is 11.3 Å². The molecule has 10 aromatic rings. The van der Waals surface area contributed by atoms with Gasteiger partial charge in [0.05, 0.1) is 44.9 Å². The molecule has 60 heavy (non-hydrogen) atoms. The van der Waals surface area contributed by atoms with Crippen molar-refractivity contribution in [3.05, 3.63) is 200 Å². The van der Waals surface area contributed by atoms with Crippen molar-refractivity contribution in [1.82, 2.24) is 13.7 Å². The van der Waals surface area contributed by atoms with Crippen molar-refractivity contribution in [2.75, 3.05) is 0 Å². The van der Waals surface area contributed by atoms with E-state index >= 15 is 0 Å². The number of hydrogen-bond acceptors (Lipinski definition) is 3. The maximum atomic E-state index is 9.29. The molecule has 3 heterocycles. The van der Waals surface area contributed by atoms with Gasteiger partial charge in [-0.1, -0.05) is 103 Å². The fraction of sp³-hybridized carbons (Fsp3) is 0.0377. The summed E-state index contributed by atoms with van der Waals surface area (Å²) in [5.74, 6) is 0. The monoisotopic (exact) mass is 886 g/mol. The zero-order chi connectivity index (χ0) is 39.8. The van der Waals surface area contributed by atoms with E-state index in [1.807, 2.05) is 37.3 Å². The Balaban J connectivity index is 0.00000106. The second-order valence-electron chi connectivity index (χ2n) is 14.1. The number of para-hydroxylation sites is 3. The van der Waals surface area contributed by atoms with E-state index < -0.39 is 0 Å². The number of aromatic nitrogens is 3. The summed E-state index contributed by atoms with van der Waals surface area (Å²) in [5.41, 5.74) is 12.0. The van der Waals surface area contributed by atoms with Crippen LogP contribution in [0.1, 0.15) is 30.7 Å². The number of hydrogen-bond donors (Lipinski definition) is 0. The minimum Gasteiger partial charge on any atom is -0.813 e. The molecule has 0 fully saturated rings. The van der Waals surface area contributed by atoms with Gasteiger partial charge in [-0.25, -0.2) is 0 Å². The van der Waals surface area contributed by atoms with Gasteiger partial charge in [0.2, 0.25) is 0 Å². The molecular weight excluding hydrogens is 846 g/mol. The Hall–Kier alpha value is -5.81. The number of nitrogens with zero attached hydrogens (tertiary/aromatic N) is 4. The third-order valence-corrected chi connectivity index (χ3v) is 11.6. The zero-order valence-electron chi connectivity index (χ0n) is 33.5. The number of benzene rings is 7. The van der Waals surface area contributed by atoms with Gasteiger partial charge in [0.1, 0.15) is 0 Å². The Morgan fingerprint density at radius 2 is 1.03 bits per heavy atom. The number of allylic oxidation sites excluding steroid dienone is 2. The Morgan fingerprint density at radius 1 is 0.533 bits per heavy atom. The first-order valence-corrected chi connectivity index (χ1v) is 20.2. The third-order valence-electron chi connectivity index (χ3n) is 10.6. The number of thiol groups is 1. The smallest absolute Gasteiger partial charge is 0.0991 e. The first-order valence-electron chi connectivity index (χ1n) is 19.4. The van der Waals surface area contributed by atoms with Crippen LogP contribution in [-0.2, 0) is 46.2 Å². The van der Waals surface area contributed by atoms with Crippen molar-refractivity contribution in [3.63, 3.8) is 0 Å². The Labute approximate surface area is 387 Å². The molecule has 0 unspecified atom stereocenters. The summed E-state index contributed by atoms with van der Waals surface area (Å²) in [6.07, 6.45) is 8.04. The molecule has 0 bridgehead atoms. The quantitative estimate of drug-likeness (QED) is 0.0909. The number of nitriles is 1. The standard InChI is InChI=1S/C50H34N4S.C3H6.H2S.Y/c1-3-13-45-39(4-2)43-30-44-42-29-28-41-40-18-11-12-19-46(40)53(35-16-9-6-10-17-35)49(41)50(42)54(48(44)31-47(43)52(45)34-14-7-5-8-15-34)36-22-26-38(27-23-36)55-37-24-20-33(32-51)21-25-37;1-3-2;;/h3-31H,2H2,1H3;3H,1H2,2H3;1H2;/p-1/b13-3-;;;. The summed E-state index contributed by atoms with van der Waals surface area (Å²) in [6, 6.07) is 58.3. The van der Waals surface area contributed by atoms with Crippen LogP contribution in [0.4, 0.5) is 0 Å². The van der Waals surface area contributed by atoms with Crippen molar-refractivity contribution >= 4 is 91.9 Å². The van der Waals surface area contributed by atoms with Crippen LogP contribution in [0.25, 0.3) is 83.7 Å². The van der Waals surface area contributed by atoms with Crippen molar-refractivity contribution in [1.29, 1.82) is 5.26 Å². The Morgan fingerprint density at radius 3 is 1.62 bits per heavy atom. The van der Waals surface area contributed by atoms with Crippen LogP contribution >= 0.6 is 11.8 Å². The summed E-state index contributed by atoms with van der Waals surface area (Å²) in [4.78, 5) is 2.22. The topological polar surface area (TPSA) is 38.6 Å². The Bertz CT molecular complexity index is 3240. The van der Waals surface area contributed by atoms with Gasteiger partial charge in [0.15, 0.2) is 0 Å². The van der Waals surface area contributed by atoms with Crippen LogP contribution in [0.2, 0.25) is 0 Å². The molecule has 10 rings (SSSR count). The Kier molecular flexibility index (Phi) is 12.8. The van der Waals surface area contributed by atoms with Crippen LogP contribution < -0.4 is 0 Å². The number of rotatable bonds is 7.